The summed E-state index contributed by atoms with van der Waals surface area (Å²) in [7, 11) is -2.27. The van der Waals surface area contributed by atoms with Gasteiger partial charge in [-0.25, -0.2) is 13.1 Å². The van der Waals surface area contributed by atoms with Gasteiger partial charge in [0, 0.05) is 32.3 Å². The van der Waals surface area contributed by atoms with Crippen molar-refractivity contribution in [3.63, 3.8) is 0 Å². The summed E-state index contributed by atoms with van der Waals surface area (Å²) >= 11 is 0. The summed E-state index contributed by atoms with van der Waals surface area (Å²) in [5.74, 6) is -2.05. The molecule has 1 aromatic rings. The SMILES string of the molecule is COCCNS(=O)(=O)c1cccc(C(=O)N2C[C@@H](C)[C@H](C(=O)O)C2)c1. The molecule has 25 heavy (non-hydrogen) atoms. The molecule has 8 nitrogen and oxygen atoms in total. The first-order valence-corrected chi connectivity index (χ1v) is 9.35. The molecule has 2 N–H and O–H groups in total. The van der Waals surface area contributed by atoms with Crippen LogP contribution in [0.5, 0.6) is 0 Å². The molecular weight excluding hydrogens is 348 g/mol. The van der Waals surface area contributed by atoms with Crippen LogP contribution in [-0.4, -0.2) is 63.7 Å². The Morgan fingerprint density at radius 1 is 1.36 bits per heavy atom. The minimum atomic E-state index is -3.74. The maximum absolute atomic E-state index is 12.6. The molecule has 2 rings (SSSR count). The standard InChI is InChI=1S/C16H22N2O6S/c1-11-9-18(10-14(11)16(20)21)15(19)12-4-3-5-13(8-12)25(22,23)17-6-7-24-2/h3-5,8,11,14,17H,6-7,9-10H2,1-2H3,(H,20,21)/t11-,14-/m1/s1. The van der Waals surface area contributed by atoms with E-state index in [0.29, 0.717) is 6.54 Å². The third-order valence-corrected chi connectivity index (χ3v) is 5.67. The van der Waals surface area contributed by atoms with Crippen LogP contribution >= 0.6 is 0 Å². The van der Waals surface area contributed by atoms with E-state index in [1.165, 1.54) is 36.3 Å². The lowest BCUT2D eigenvalue weighted by Gasteiger charge is -2.16. The number of benzene rings is 1. The molecule has 0 radical (unpaired) electrons. The number of methoxy groups -OCH3 is 1. The van der Waals surface area contributed by atoms with Gasteiger partial charge >= 0.3 is 5.97 Å². The van der Waals surface area contributed by atoms with Gasteiger partial charge in [0.15, 0.2) is 0 Å². The number of carboxylic acid groups (broad SMARTS) is 1. The number of nitrogens with one attached hydrogen (secondary N) is 1. The molecule has 0 spiro atoms. The van der Waals surface area contributed by atoms with E-state index in [-0.39, 0.29) is 42.0 Å². The normalized spacial score (nSPS) is 20.6. The van der Waals surface area contributed by atoms with E-state index in [9.17, 15) is 23.1 Å². The van der Waals surface area contributed by atoms with Gasteiger partial charge in [0.1, 0.15) is 0 Å². The van der Waals surface area contributed by atoms with Crippen LogP contribution in [0.25, 0.3) is 0 Å². The minimum absolute atomic E-state index is 0.0171. The Hall–Kier alpha value is -1.97. The third-order valence-electron chi connectivity index (χ3n) is 4.21. The molecule has 0 aliphatic carbocycles. The predicted octanol–water partition coefficient (Wildman–Crippen LogP) is 0.404. The summed E-state index contributed by atoms with van der Waals surface area (Å²) in [5, 5.41) is 9.17. The summed E-state index contributed by atoms with van der Waals surface area (Å²) in [6.45, 7) is 2.60. The van der Waals surface area contributed by atoms with E-state index in [1.54, 1.807) is 6.92 Å². The number of carbonyl (C=O) groups is 2. The second kappa shape index (κ2) is 7.94. The number of hydrogen-bond acceptors (Lipinski definition) is 5. The fraction of sp³-hybridized carbons (Fsp3) is 0.500. The maximum Gasteiger partial charge on any atom is 0.308 e. The Morgan fingerprint density at radius 3 is 2.68 bits per heavy atom. The van der Waals surface area contributed by atoms with Crippen LogP contribution < -0.4 is 4.72 Å². The Morgan fingerprint density at radius 2 is 2.08 bits per heavy atom. The number of amides is 1. The summed E-state index contributed by atoms with van der Waals surface area (Å²) in [6, 6.07) is 5.72. The molecule has 9 heteroatoms. The van der Waals surface area contributed by atoms with Gasteiger partial charge in [-0.05, 0) is 24.1 Å². The van der Waals surface area contributed by atoms with Crippen LogP contribution in [0.4, 0.5) is 0 Å². The predicted molar refractivity (Wildman–Crippen MR) is 89.7 cm³/mol. The van der Waals surface area contributed by atoms with Crippen LogP contribution in [0.2, 0.25) is 0 Å². The summed E-state index contributed by atoms with van der Waals surface area (Å²) in [5.41, 5.74) is 0.216. The van der Waals surface area contributed by atoms with Gasteiger partial charge in [0.05, 0.1) is 17.4 Å². The number of carbonyl (C=O) groups excluding carboxylic acids is 1. The average molecular weight is 370 g/mol. The molecule has 1 amide bonds. The van der Waals surface area contributed by atoms with Crippen LogP contribution in [-0.2, 0) is 19.6 Å². The first kappa shape index (κ1) is 19.4. The van der Waals surface area contributed by atoms with Gasteiger partial charge in [-0.2, -0.15) is 0 Å². The lowest BCUT2D eigenvalue weighted by molar-refractivity contribution is -0.142. The minimum Gasteiger partial charge on any atom is -0.481 e. The summed E-state index contributed by atoms with van der Waals surface area (Å²) < 4.78 is 31.6. The molecule has 1 saturated heterocycles. The fourth-order valence-corrected chi connectivity index (χ4v) is 3.85. The number of carboxylic acids is 1. The molecule has 1 fully saturated rings. The number of ether oxygens (including phenoxy) is 1. The zero-order valence-corrected chi connectivity index (χ0v) is 15.0. The lowest BCUT2D eigenvalue weighted by Crippen LogP contribution is -2.30. The van der Waals surface area contributed by atoms with E-state index >= 15 is 0 Å². The number of hydrogen-bond donors (Lipinski definition) is 2. The van der Waals surface area contributed by atoms with E-state index in [1.807, 2.05) is 0 Å². The van der Waals surface area contributed by atoms with Crippen molar-refractivity contribution in [2.45, 2.75) is 11.8 Å². The maximum atomic E-state index is 12.6. The molecule has 1 aliphatic heterocycles. The van der Waals surface area contributed by atoms with Crippen molar-refractivity contribution in [3.8, 4) is 0 Å². The highest BCUT2D eigenvalue weighted by Crippen LogP contribution is 2.25. The van der Waals surface area contributed by atoms with Crippen LogP contribution in [0.3, 0.4) is 0 Å². The van der Waals surface area contributed by atoms with Crippen LogP contribution in [0.1, 0.15) is 17.3 Å². The number of nitrogens with zero attached hydrogens (tertiary/aromatic N) is 1. The van der Waals surface area contributed by atoms with Crippen molar-refractivity contribution in [3.05, 3.63) is 29.8 Å². The first-order valence-electron chi connectivity index (χ1n) is 7.87. The Labute approximate surface area is 146 Å². The van der Waals surface area contributed by atoms with Gasteiger partial charge in [0.25, 0.3) is 5.91 Å². The van der Waals surface area contributed by atoms with Crippen molar-refractivity contribution in [1.82, 2.24) is 9.62 Å². The average Bonchev–Trinajstić information content (AvgIpc) is 2.96. The van der Waals surface area contributed by atoms with E-state index in [2.05, 4.69) is 4.72 Å². The highest BCUT2D eigenvalue weighted by molar-refractivity contribution is 7.89. The van der Waals surface area contributed by atoms with Gasteiger partial charge in [-0.15, -0.1) is 0 Å². The number of likely N-dealkylation sites (tertiary alicyclic amines) is 1. The van der Waals surface area contributed by atoms with Crippen molar-refractivity contribution >= 4 is 21.9 Å². The second-order valence-electron chi connectivity index (χ2n) is 6.05. The smallest absolute Gasteiger partial charge is 0.308 e. The van der Waals surface area contributed by atoms with Crippen LogP contribution in [0.15, 0.2) is 29.2 Å². The van der Waals surface area contributed by atoms with Crippen LogP contribution in [0, 0.1) is 11.8 Å². The lowest BCUT2D eigenvalue weighted by atomic mass is 9.99. The number of sulfonamides is 1. The molecule has 1 aromatic carbocycles. The van der Waals surface area contributed by atoms with E-state index in [4.69, 9.17) is 4.74 Å². The van der Waals surface area contributed by atoms with Gasteiger partial charge in [-0.3, -0.25) is 9.59 Å². The molecule has 0 aromatic heterocycles. The van der Waals surface area contributed by atoms with Crippen molar-refractivity contribution in [2.75, 3.05) is 33.4 Å². The topological polar surface area (TPSA) is 113 Å². The van der Waals surface area contributed by atoms with E-state index < -0.39 is 21.9 Å². The second-order valence-corrected chi connectivity index (χ2v) is 7.82. The first-order chi connectivity index (χ1) is 11.8. The highest BCUT2D eigenvalue weighted by Gasteiger charge is 2.37. The van der Waals surface area contributed by atoms with Crippen molar-refractivity contribution < 1.29 is 27.9 Å². The number of rotatable bonds is 7. The molecule has 0 bridgehead atoms. The van der Waals surface area contributed by atoms with Gasteiger partial charge < -0.3 is 14.7 Å². The largest absolute Gasteiger partial charge is 0.481 e. The highest BCUT2D eigenvalue weighted by atomic mass is 32.2. The zero-order chi connectivity index (χ0) is 18.6. The molecule has 2 atom stereocenters. The summed E-state index contributed by atoms with van der Waals surface area (Å²) in [6.07, 6.45) is 0. The Balaban J connectivity index is 2.16. The number of aliphatic carboxylic acids is 1. The molecular formula is C16H22N2O6S. The Kier molecular flexibility index (Phi) is 6.15. The molecule has 138 valence electrons. The zero-order valence-electron chi connectivity index (χ0n) is 14.1. The fourth-order valence-electron chi connectivity index (χ4n) is 2.79. The summed E-state index contributed by atoms with van der Waals surface area (Å²) in [4.78, 5) is 25.2. The third kappa shape index (κ3) is 4.56. The van der Waals surface area contributed by atoms with Gasteiger partial charge in [-0.1, -0.05) is 13.0 Å². The molecule has 1 heterocycles. The van der Waals surface area contributed by atoms with Crippen molar-refractivity contribution in [1.29, 1.82) is 0 Å². The monoisotopic (exact) mass is 370 g/mol. The Bertz CT molecular complexity index is 749. The molecule has 0 saturated carbocycles. The van der Waals surface area contributed by atoms with Crippen molar-refractivity contribution in [2.24, 2.45) is 11.8 Å². The molecule has 0 unspecified atom stereocenters. The van der Waals surface area contributed by atoms with Gasteiger partial charge in [0.2, 0.25) is 10.0 Å². The molecule has 1 aliphatic rings. The van der Waals surface area contributed by atoms with E-state index in [0.717, 1.165) is 0 Å². The quantitative estimate of drug-likeness (QED) is 0.672.